The SMILES string of the molecule is [2H]C([2H])(Oc1nc(N2CCCO[C@@H]3C[C@@H]32)c2cnc(-c3cc(N)cc4cc(F)c(F)c(C#C)c34)c(F)c2n1)[C@@]12CCCN1C[C@H](F)C2. The van der Waals surface area contributed by atoms with E-state index in [1.54, 1.807) is 4.90 Å². The molecule has 0 unspecified atom stereocenters. The number of aromatic nitrogens is 3. The molecule has 5 heterocycles. The maximum absolute atomic E-state index is 16.9. The van der Waals surface area contributed by atoms with E-state index in [-0.39, 0.29) is 63.7 Å². The Morgan fingerprint density at radius 3 is 2.89 bits per heavy atom. The van der Waals surface area contributed by atoms with Crippen molar-refractivity contribution in [3.63, 3.8) is 0 Å². The van der Waals surface area contributed by atoms with Crippen molar-refractivity contribution in [3.05, 3.63) is 47.4 Å². The molecule has 0 amide bonds. The number of hydrogen-bond acceptors (Lipinski definition) is 8. The van der Waals surface area contributed by atoms with E-state index in [0.717, 1.165) is 12.5 Å². The monoisotopic (exact) mass is 620 g/mol. The fourth-order valence-electron chi connectivity index (χ4n) is 7.27. The van der Waals surface area contributed by atoms with Crippen LogP contribution in [0.15, 0.2) is 24.4 Å². The third-order valence-corrected chi connectivity index (χ3v) is 9.38. The van der Waals surface area contributed by atoms with Gasteiger partial charge in [-0.2, -0.15) is 9.97 Å². The van der Waals surface area contributed by atoms with Crippen molar-refractivity contribution in [3.8, 4) is 29.6 Å². The molecular weight excluding hydrogens is 588 g/mol. The Morgan fingerprint density at radius 1 is 1.18 bits per heavy atom. The van der Waals surface area contributed by atoms with Crippen LogP contribution in [0.4, 0.5) is 29.1 Å². The molecule has 1 aliphatic carbocycles. The number of fused-ring (bicyclic) bond motifs is 4. The number of nitrogen functional groups attached to an aromatic ring is 1. The zero-order chi connectivity index (χ0) is 32.8. The van der Waals surface area contributed by atoms with Gasteiger partial charge in [-0.1, -0.05) is 5.92 Å². The Balaban J connectivity index is 1.32. The predicted octanol–water partition coefficient (Wildman–Crippen LogP) is 5.15. The molecule has 12 heteroatoms. The number of hydrogen-bond donors (Lipinski definition) is 1. The molecule has 4 aromatic rings. The summed E-state index contributed by atoms with van der Waals surface area (Å²) in [6.45, 7) is -0.708. The van der Waals surface area contributed by atoms with Gasteiger partial charge in [-0.25, -0.2) is 17.6 Å². The minimum absolute atomic E-state index is 0.0232. The summed E-state index contributed by atoms with van der Waals surface area (Å²) in [5.74, 6) is -0.919. The Morgan fingerprint density at radius 2 is 2.04 bits per heavy atom. The van der Waals surface area contributed by atoms with Crippen LogP contribution < -0.4 is 15.4 Å². The molecule has 2 aromatic heterocycles. The molecule has 2 N–H and O–H groups in total. The number of ether oxygens (including phenoxy) is 2. The fourth-order valence-corrected chi connectivity index (χ4v) is 7.27. The lowest BCUT2D eigenvalue weighted by Gasteiger charge is -2.31. The van der Waals surface area contributed by atoms with Crippen LogP contribution in [0.1, 0.15) is 40.4 Å². The maximum atomic E-state index is 16.9. The number of pyridine rings is 1. The smallest absolute Gasteiger partial charge is 0.319 e. The van der Waals surface area contributed by atoms with Gasteiger partial charge in [0.05, 0.1) is 31.4 Å². The summed E-state index contributed by atoms with van der Waals surface area (Å²) in [5.41, 5.74) is 4.12. The van der Waals surface area contributed by atoms with Gasteiger partial charge in [0.25, 0.3) is 0 Å². The van der Waals surface area contributed by atoms with Crippen LogP contribution in [0.3, 0.4) is 0 Å². The van der Waals surface area contributed by atoms with Crippen molar-refractivity contribution < 1.29 is 29.8 Å². The normalized spacial score (nSPS) is 27.1. The van der Waals surface area contributed by atoms with Crippen molar-refractivity contribution in [2.75, 3.05) is 43.4 Å². The molecular formula is C33H30F4N6O2. The second kappa shape index (κ2) is 10.4. The van der Waals surface area contributed by atoms with E-state index in [4.69, 9.17) is 24.4 Å². The van der Waals surface area contributed by atoms with Gasteiger partial charge in [0.1, 0.15) is 29.8 Å². The van der Waals surface area contributed by atoms with Gasteiger partial charge in [0.2, 0.25) is 0 Å². The van der Waals surface area contributed by atoms with Gasteiger partial charge in [-0.15, -0.1) is 6.42 Å². The molecule has 8 rings (SSSR count). The molecule has 1 saturated carbocycles. The molecule has 3 aliphatic heterocycles. The van der Waals surface area contributed by atoms with E-state index in [1.165, 1.54) is 18.3 Å². The second-order valence-corrected chi connectivity index (χ2v) is 12.2. The topological polar surface area (TPSA) is 89.6 Å². The third kappa shape index (κ3) is 4.55. The number of rotatable bonds is 5. The second-order valence-electron chi connectivity index (χ2n) is 12.2. The average molecular weight is 621 g/mol. The van der Waals surface area contributed by atoms with E-state index in [9.17, 15) is 13.2 Å². The summed E-state index contributed by atoms with van der Waals surface area (Å²) in [7, 11) is 0. The Bertz CT molecular complexity index is 2010. The number of nitrogens with zero attached hydrogens (tertiary/aromatic N) is 5. The first-order valence-electron chi connectivity index (χ1n) is 16.0. The number of anilines is 2. The Labute approximate surface area is 259 Å². The zero-order valence-corrected chi connectivity index (χ0v) is 24.1. The molecule has 0 spiro atoms. The average Bonchev–Trinajstić information content (AvgIpc) is 3.60. The van der Waals surface area contributed by atoms with Gasteiger partial charge >= 0.3 is 6.01 Å². The summed E-state index contributed by atoms with van der Waals surface area (Å²) >= 11 is 0. The minimum Gasteiger partial charge on any atom is -0.461 e. The molecule has 2 aromatic carbocycles. The summed E-state index contributed by atoms with van der Waals surface area (Å²) in [6.07, 6.45) is 8.15. The molecule has 4 fully saturated rings. The lowest BCUT2D eigenvalue weighted by atomic mass is 9.95. The molecule has 0 bridgehead atoms. The van der Waals surface area contributed by atoms with Crippen molar-refractivity contribution in [1.82, 2.24) is 19.9 Å². The highest BCUT2D eigenvalue weighted by molar-refractivity contribution is 6.03. The molecule has 8 nitrogen and oxygen atoms in total. The zero-order valence-electron chi connectivity index (χ0n) is 26.1. The third-order valence-electron chi connectivity index (χ3n) is 9.38. The predicted molar refractivity (Wildman–Crippen MR) is 161 cm³/mol. The van der Waals surface area contributed by atoms with Gasteiger partial charge in [-0.05, 0) is 55.8 Å². The Hall–Kier alpha value is -4.21. The van der Waals surface area contributed by atoms with Crippen LogP contribution in [0.5, 0.6) is 6.01 Å². The number of benzene rings is 2. The highest BCUT2D eigenvalue weighted by Gasteiger charge is 2.50. The van der Waals surface area contributed by atoms with E-state index >= 15 is 4.39 Å². The van der Waals surface area contributed by atoms with Crippen molar-refractivity contribution >= 4 is 33.2 Å². The molecule has 3 saturated heterocycles. The number of halogens is 4. The highest BCUT2D eigenvalue weighted by Crippen LogP contribution is 2.43. The van der Waals surface area contributed by atoms with E-state index in [0.29, 0.717) is 44.8 Å². The van der Waals surface area contributed by atoms with Crippen molar-refractivity contribution in [2.45, 2.75) is 56.0 Å². The number of alkyl halides is 1. The van der Waals surface area contributed by atoms with Crippen LogP contribution in [0.25, 0.3) is 32.9 Å². The lowest BCUT2D eigenvalue weighted by molar-refractivity contribution is 0.107. The molecule has 4 aliphatic rings. The van der Waals surface area contributed by atoms with Crippen LogP contribution in [0.2, 0.25) is 0 Å². The number of nitrogens with two attached hydrogens (primary N) is 1. The largest absolute Gasteiger partial charge is 0.461 e. The number of terminal acetylenes is 1. The van der Waals surface area contributed by atoms with Gasteiger partial charge < -0.3 is 20.1 Å². The summed E-state index contributed by atoms with van der Waals surface area (Å²) in [6, 6.07) is 3.25. The van der Waals surface area contributed by atoms with Crippen LogP contribution in [-0.4, -0.2) is 76.5 Å². The summed E-state index contributed by atoms with van der Waals surface area (Å²) in [4.78, 5) is 17.2. The highest BCUT2D eigenvalue weighted by atomic mass is 19.2. The first-order chi connectivity index (χ1) is 22.5. The van der Waals surface area contributed by atoms with E-state index in [1.807, 2.05) is 4.90 Å². The van der Waals surface area contributed by atoms with E-state index < -0.39 is 47.3 Å². The quantitative estimate of drug-likeness (QED) is 0.186. The van der Waals surface area contributed by atoms with Gasteiger partial charge in [-0.3, -0.25) is 9.88 Å². The van der Waals surface area contributed by atoms with Crippen LogP contribution in [-0.2, 0) is 4.74 Å². The van der Waals surface area contributed by atoms with Crippen LogP contribution >= 0.6 is 0 Å². The summed E-state index contributed by atoms with van der Waals surface area (Å²) in [5, 5.41) is 0.433. The molecule has 4 atom stereocenters. The summed E-state index contributed by atoms with van der Waals surface area (Å²) < 4.78 is 90.7. The minimum atomic E-state index is -2.42. The van der Waals surface area contributed by atoms with Crippen LogP contribution in [0, 0.1) is 29.8 Å². The van der Waals surface area contributed by atoms with E-state index in [2.05, 4.69) is 20.9 Å². The lowest BCUT2D eigenvalue weighted by Crippen LogP contribution is -2.43. The van der Waals surface area contributed by atoms with Gasteiger partial charge in [0.15, 0.2) is 17.5 Å². The Kier molecular flexibility index (Phi) is 6.03. The van der Waals surface area contributed by atoms with Crippen molar-refractivity contribution in [1.29, 1.82) is 0 Å². The van der Waals surface area contributed by atoms with Crippen molar-refractivity contribution in [2.24, 2.45) is 0 Å². The molecule has 0 radical (unpaired) electrons. The maximum Gasteiger partial charge on any atom is 0.319 e. The standard InChI is InChI=1S/C33H30F4N6O2/c1-2-20-26-17(10-23(35)27(20)36)9-19(38)11-21(26)29-28(37)30-22(14-39-29)31(43-7-4-8-44-25-12-24(25)43)41-32(40-30)45-16-33-5-3-6-42(33)15-18(34)13-33/h1,9-11,14,18,24-25H,3-8,12-13,15-16,38H2/t18-,24+,25-,33+/m1/s1/i16D2. The van der Waals surface area contributed by atoms with Gasteiger partial charge in [0, 0.05) is 49.0 Å². The molecule has 45 heavy (non-hydrogen) atoms. The molecule has 232 valence electrons. The fraction of sp³-hybridized carbons (Fsp3) is 0.424. The first kappa shape index (κ1) is 26.1. The first-order valence-corrected chi connectivity index (χ1v) is 15.0.